The maximum atomic E-state index is 13.6. The Hall–Kier alpha value is -4.62. The Labute approximate surface area is 292 Å². The summed E-state index contributed by atoms with van der Waals surface area (Å²) >= 11 is 6.15. The van der Waals surface area contributed by atoms with Crippen molar-refractivity contribution in [3.05, 3.63) is 128 Å². The molecule has 49 heavy (non-hydrogen) atoms. The molecule has 4 aromatic rings. The van der Waals surface area contributed by atoms with Crippen LogP contribution in [0.1, 0.15) is 91.0 Å². The van der Waals surface area contributed by atoms with E-state index in [1.54, 1.807) is 0 Å². The maximum absolute atomic E-state index is 13.6. The Bertz CT molecular complexity index is 1960. The van der Waals surface area contributed by atoms with Crippen LogP contribution in [-0.4, -0.2) is 36.3 Å². The third-order valence-corrected chi connectivity index (χ3v) is 10.4. The summed E-state index contributed by atoms with van der Waals surface area (Å²) in [5.41, 5.74) is 6.41. The Morgan fingerprint density at radius 1 is 0.878 bits per heavy atom. The second-order valence-corrected chi connectivity index (χ2v) is 13.9. The van der Waals surface area contributed by atoms with Crippen molar-refractivity contribution < 1.29 is 14.0 Å². The van der Waals surface area contributed by atoms with Crippen LogP contribution in [0.4, 0.5) is 5.69 Å². The smallest absolute Gasteiger partial charge is 0.291 e. The topological polar surface area (TPSA) is 82.9 Å². The molecule has 0 atom stereocenters. The van der Waals surface area contributed by atoms with Crippen LogP contribution in [0.3, 0.4) is 0 Å². The number of amides is 2. The van der Waals surface area contributed by atoms with E-state index < -0.39 is 5.91 Å². The van der Waals surface area contributed by atoms with Crippen molar-refractivity contribution in [1.82, 2.24) is 10.2 Å². The fourth-order valence-corrected chi connectivity index (χ4v) is 7.56. The van der Waals surface area contributed by atoms with Crippen molar-refractivity contribution in [2.24, 2.45) is 0 Å². The highest BCUT2D eigenvalue weighted by Gasteiger charge is 2.23. The average Bonchev–Trinajstić information content (AvgIpc) is 3.66. The minimum Gasteiger partial charge on any atom is -0.451 e. The molecule has 3 aromatic carbocycles. The van der Waals surface area contributed by atoms with Gasteiger partial charge >= 0.3 is 0 Å². The van der Waals surface area contributed by atoms with Crippen molar-refractivity contribution in [1.29, 1.82) is 0 Å². The quantitative estimate of drug-likeness (QED) is 0.202. The summed E-state index contributed by atoms with van der Waals surface area (Å²) in [6, 6.07) is 22.9. The van der Waals surface area contributed by atoms with E-state index in [1.807, 2.05) is 65.6 Å². The standard InChI is InChI=1S/C41H42ClN3O4/c42-33-15-12-28(13-16-33)23-34(43-41(48)39-26-37(46)35-25-31(14-17-38(35)49-39)30-7-1-2-8-30)24-29-18-21-44(22-19-29)36-10-4-3-9-32(36)27-45-20-6-5-11-40(45)47/h3-4,9-10,12-17,23-26,30H,1-2,5-8,11,18-22,27H2,(H,43,48)/b34-23-. The number of rotatable bonds is 8. The van der Waals surface area contributed by atoms with E-state index in [4.69, 9.17) is 16.0 Å². The van der Waals surface area contributed by atoms with Gasteiger partial charge in [-0.1, -0.05) is 66.4 Å². The summed E-state index contributed by atoms with van der Waals surface area (Å²) < 4.78 is 6.01. The first-order valence-electron chi connectivity index (χ1n) is 17.6. The summed E-state index contributed by atoms with van der Waals surface area (Å²) in [6.45, 7) is 3.10. The zero-order chi connectivity index (χ0) is 33.7. The summed E-state index contributed by atoms with van der Waals surface area (Å²) in [7, 11) is 0. The molecule has 0 radical (unpaired) electrons. The minimum absolute atomic E-state index is 0.0230. The van der Waals surface area contributed by atoms with E-state index in [0.29, 0.717) is 40.6 Å². The molecule has 3 fully saturated rings. The van der Waals surface area contributed by atoms with Gasteiger partial charge in [0.2, 0.25) is 5.91 Å². The van der Waals surface area contributed by atoms with Gasteiger partial charge in [0, 0.05) is 55.1 Å². The first kappa shape index (κ1) is 32.9. The highest BCUT2D eigenvalue weighted by molar-refractivity contribution is 6.30. The molecule has 1 aromatic heterocycles. The normalized spacial score (nSPS) is 17.5. The van der Waals surface area contributed by atoms with Crippen LogP contribution in [-0.2, 0) is 11.3 Å². The van der Waals surface area contributed by atoms with Gasteiger partial charge in [-0.25, -0.2) is 0 Å². The highest BCUT2D eigenvalue weighted by Crippen LogP contribution is 2.35. The van der Waals surface area contributed by atoms with E-state index in [1.165, 1.54) is 41.3 Å². The molecule has 2 aliphatic heterocycles. The van der Waals surface area contributed by atoms with Gasteiger partial charge in [-0.05, 0) is 104 Å². The summed E-state index contributed by atoms with van der Waals surface area (Å²) in [5, 5.41) is 4.16. The lowest BCUT2D eigenvalue weighted by molar-refractivity contribution is -0.133. The molecule has 2 amide bonds. The Kier molecular flexibility index (Phi) is 9.99. The summed E-state index contributed by atoms with van der Waals surface area (Å²) in [5.74, 6) is 0.218. The van der Waals surface area contributed by atoms with Gasteiger partial charge in [0.1, 0.15) is 5.58 Å². The molecule has 8 heteroatoms. The number of benzene rings is 3. The van der Waals surface area contributed by atoms with E-state index in [0.717, 1.165) is 63.7 Å². The Morgan fingerprint density at radius 2 is 1.65 bits per heavy atom. The number of hydrogen-bond acceptors (Lipinski definition) is 5. The van der Waals surface area contributed by atoms with Crippen LogP contribution < -0.4 is 15.6 Å². The first-order valence-corrected chi connectivity index (χ1v) is 17.9. The van der Waals surface area contributed by atoms with Crippen LogP contribution in [0.15, 0.2) is 99.4 Å². The highest BCUT2D eigenvalue weighted by atomic mass is 35.5. The average molecular weight is 676 g/mol. The van der Waals surface area contributed by atoms with E-state index in [2.05, 4.69) is 28.4 Å². The van der Waals surface area contributed by atoms with Crippen molar-refractivity contribution in [3.8, 4) is 0 Å². The summed E-state index contributed by atoms with van der Waals surface area (Å²) in [6.07, 6.45) is 13.0. The molecule has 7 nitrogen and oxygen atoms in total. The van der Waals surface area contributed by atoms with E-state index >= 15 is 0 Å². The largest absolute Gasteiger partial charge is 0.451 e. The van der Waals surface area contributed by atoms with Crippen molar-refractivity contribution >= 4 is 46.1 Å². The second kappa shape index (κ2) is 14.9. The molecule has 0 bridgehead atoms. The van der Waals surface area contributed by atoms with Crippen LogP contribution >= 0.6 is 11.6 Å². The van der Waals surface area contributed by atoms with Crippen LogP contribution in [0.25, 0.3) is 17.0 Å². The molecule has 0 unspecified atom stereocenters. The van der Waals surface area contributed by atoms with Crippen molar-refractivity contribution in [2.45, 2.75) is 70.3 Å². The van der Waals surface area contributed by atoms with Crippen molar-refractivity contribution in [2.75, 3.05) is 24.5 Å². The molecule has 3 heterocycles. The Morgan fingerprint density at radius 3 is 2.43 bits per heavy atom. The number of piperidine rings is 2. The number of likely N-dealkylation sites (tertiary alicyclic amines) is 1. The molecular weight excluding hydrogens is 634 g/mol. The number of nitrogens with one attached hydrogen (secondary N) is 1. The zero-order valence-corrected chi connectivity index (χ0v) is 28.5. The van der Waals surface area contributed by atoms with Gasteiger partial charge in [-0.2, -0.15) is 0 Å². The molecule has 252 valence electrons. The lowest BCUT2D eigenvalue weighted by Gasteiger charge is -2.34. The Balaban J connectivity index is 1.09. The molecule has 3 aliphatic rings. The first-order chi connectivity index (χ1) is 23.9. The van der Waals surface area contributed by atoms with Crippen LogP contribution in [0, 0.1) is 0 Å². The fraction of sp³-hybridized carbons (Fsp3) is 0.341. The SMILES string of the molecule is O=C(N/C(C=C1CCN(c2ccccc2CN2CCCCC2=O)CC1)=C\c1ccc(Cl)cc1)c1cc(=O)c2cc(C3CCCC3)ccc2o1. The monoisotopic (exact) mass is 675 g/mol. The number of allylic oxidation sites excluding steroid dienone is 1. The number of para-hydroxylation sites is 1. The fourth-order valence-electron chi connectivity index (χ4n) is 7.43. The van der Waals surface area contributed by atoms with Gasteiger partial charge in [0.05, 0.1) is 5.39 Å². The third kappa shape index (κ3) is 7.83. The molecule has 2 saturated heterocycles. The second-order valence-electron chi connectivity index (χ2n) is 13.5. The zero-order valence-electron chi connectivity index (χ0n) is 27.8. The lowest BCUT2D eigenvalue weighted by atomic mass is 9.96. The summed E-state index contributed by atoms with van der Waals surface area (Å²) in [4.78, 5) is 43.7. The van der Waals surface area contributed by atoms with Crippen LogP contribution in [0.2, 0.25) is 5.02 Å². The predicted octanol–water partition coefficient (Wildman–Crippen LogP) is 8.61. The van der Waals surface area contributed by atoms with Gasteiger partial charge in [0.25, 0.3) is 5.91 Å². The molecule has 0 spiro atoms. The number of carbonyl (C=O) groups is 2. The van der Waals surface area contributed by atoms with E-state index in [-0.39, 0.29) is 17.1 Å². The number of anilines is 1. The third-order valence-electron chi connectivity index (χ3n) is 10.1. The number of fused-ring (bicyclic) bond motifs is 1. The number of carbonyl (C=O) groups excluding carboxylic acids is 2. The molecule has 1 saturated carbocycles. The minimum atomic E-state index is -0.477. The lowest BCUT2D eigenvalue weighted by Crippen LogP contribution is -2.36. The molecule has 1 aliphatic carbocycles. The predicted molar refractivity (Wildman–Crippen MR) is 196 cm³/mol. The van der Waals surface area contributed by atoms with Crippen molar-refractivity contribution in [3.63, 3.8) is 0 Å². The molecule has 7 rings (SSSR count). The number of halogens is 1. The van der Waals surface area contributed by atoms with Crippen LogP contribution in [0.5, 0.6) is 0 Å². The van der Waals surface area contributed by atoms with E-state index in [9.17, 15) is 14.4 Å². The molecule has 1 N–H and O–H groups in total. The maximum Gasteiger partial charge on any atom is 0.291 e. The molecular formula is C41H42ClN3O4. The van der Waals surface area contributed by atoms with Gasteiger partial charge in [-0.15, -0.1) is 0 Å². The number of hydrogen-bond donors (Lipinski definition) is 1. The van der Waals surface area contributed by atoms with Gasteiger partial charge in [0.15, 0.2) is 11.2 Å². The van der Waals surface area contributed by atoms with Gasteiger partial charge in [-0.3, -0.25) is 14.4 Å². The number of nitrogens with zero attached hydrogens (tertiary/aromatic N) is 2. The van der Waals surface area contributed by atoms with Gasteiger partial charge < -0.3 is 19.5 Å².